The molecule has 0 bridgehead atoms. The first-order chi connectivity index (χ1) is 7.86. The lowest BCUT2D eigenvalue weighted by molar-refractivity contribution is -0.117. The Morgan fingerprint density at radius 3 is 2.59 bits per heavy atom. The predicted octanol–water partition coefficient (Wildman–Crippen LogP) is 2.21. The smallest absolute Gasteiger partial charge is 0.217 e. The van der Waals surface area contributed by atoms with E-state index in [1.807, 2.05) is 39.0 Å². The van der Waals surface area contributed by atoms with Crippen LogP contribution in [0.2, 0.25) is 0 Å². The third-order valence-electron chi connectivity index (χ3n) is 2.98. The molecule has 90 valence electrons. The van der Waals surface area contributed by atoms with Crippen LogP contribution in [-0.2, 0) is 16.6 Å². The van der Waals surface area contributed by atoms with Crippen LogP contribution in [0.1, 0.15) is 37.0 Å². The monoisotopic (exact) mass is 230 g/mol. The number of hydrogen-bond donors (Lipinski definition) is 1. The van der Waals surface area contributed by atoms with E-state index in [4.69, 9.17) is 11.0 Å². The van der Waals surface area contributed by atoms with Gasteiger partial charge in [-0.2, -0.15) is 5.26 Å². The summed E-state index contributed by atoms with van der Waals surface area (Å²) in [6.07, 6.45) is 1.02. The zero-order valence-electron chi connectivity index (χ0n) is 10.6. The molecule has 0 aliphatic heterocycles. The number of benzene rings is 1. The number of hydrogen-bond acceptors (Lipinski definition) is 2. The minimum absolute atomic E-state index is 0.286. The minimum Gasteiger partial charge on any atom is -0.370 e. The van der Waals surface area contributed by atoms with E-state index < -0.39 is 5.41 Å². The molecule has 0 aliphatic carbocycles. The molecule has 17 heavy (non-hydrogen) atoms. The highest BCUT2D eigenvalue weighted by Gasteiger charge is 2.20. The van der Waals surface area contributed by atoms with Crippen LogP contribution >= 0.6 is 0 Å². The van der Waals surface area contributed by atoms with E-state index in [1.165, 1.54) is 0 Å². The summed E-state index contributed by atoms with van der Waals surface area (Å²) in [6, 6.07) is 8.22. The molecule has 0 spiro atoms. The van der Waals surface area contributed by atoms with Crippen LogP contribution in [0.3, 0.4) is 0 Å². The second kappa shape index (κ2) is 5.01. The van der Waals surface area contributed by atoms with Gasteiger partial charge in [0.15, 0.2) is 0 Å². The average molecular weight is 230 g/mol. The number of amides is 1. The van der Waals surface area contributed by atoms with E-state index in [1.54, 1.807) is 0 Å². The van der Waals surface area contributed by atoms with Gasteiger partial charge in [0.1, 0.15) is 0 Å². The first-order valence-corrected chi connectivity index (χ1v) is 5.66. The lowest BCUT2D eigenvalue weighted by Crippen LogP contribution is -2.15. The summed E-state index contributed by atoms with van der Waals surface area (Å²) in [4.78, 5) is 10.7. The molecule has 3 nitrogen and oxygen atoms in total. The van der Waals surface area contributed by atoms with Gasteiger partial charge >= 0.3 is 0 Å². The molecule has 0 saturated heterocycles. The topological polar surface area (TPSA) is 66.9 Å². The van der Waals surface area contributed by atoms with E-state index >= 15 is 0 Å². The number of rotatable bonds is 4. The number of aryl methyl sites for hydroxylation is 2. The standard InChI is InChI=1S/C14H18N2O/c1-10-8-12(14(2,3)9-15)6-4-11(10)5-7-13(16)17/h4,6,8H,5,7H2,1-3H3,(H2,16,17). The lowest BCUT2D eigenvalue weighted by atomic mass is 9.84. The minimum atomic E-state index is -0.479. The average Bonchev–Trinajstić information content (AvgIpc) is 2.27. The van der Waals surface area contributed by atoms with Crippen LogP contribution in [0.15, 0.2) is 18.2 Å². The van der Waals surface area contributed by atoms with Gasteiger partial charge < -0.3 is 5.73 Å². The number of nitriles is 1. The van der Waals surface area contributed by atoms with Gasteiger partial charge in [0.05, 0.1) is 11.5 Å². The van der Waals surface area contributed by atoms with E-state index in [2.05, 4.69) is 6.07 Å². The quantitative estimate of drug-likeness (QED) is 0.861. The molecule has 1 aromatic rings. The summed E-state index contributed by atoms with van der Waals surface area (Å²) in [5.41, 5.74) is 7.87. The van der Waals surface area contributed by atoms with Crippen LogP contribution in [0.5, 0.6) is 0 Å². The van der Waals surface area contributed by atoms with Crippen LogP contribution in [0.4, 0.5) is 0 Å². The molecule has 0 unspecified atom stereocenters. The molecule has 0 heterocycles. The molecule has 1 amide bonds. The van der Waals surface area contributed by atoms with Crippen molar-refractivity contribution in [1.29, 1.82) is 5.26 Å². The molecule has 0 atom stereocenters. The number of carbonyl (C=O) groups is 1. The summed E-state index contributed by atoms with van der Waals surface area (Å²) >= 11 is 0. The van der Waals surface area contributed by atoms with Crippen LogP contribution < -0.4 is 5.73 Å². The maximum atomic E-state index is 10.7. The van der Waals surface area contributed by atoms with Crippen molar-refractivity contribution in [2.75, 3.05) is 0 Å². The Labute approximate surface area is 102 Å². The van der Waals surface area contributed by atoms with E-state index in [9.17, 15) is 4.79 Å². The molecular formula is C14H18N2O. The molecular weight excluding hydrogens is 212 g/mol. The van der Waals surface area contributed by atoms with Gasteiger partial charge in [0, 0.05) is 6.42 Å². The second-order valence-corrected chi connectivity index (χ2v) is 4.84. The zero-order chi connectivity index (χ0) is 13.1. The normalized spacial score (nSPS) is 10.9. The van der Waals surface area contributed by atoms with Crippen molar-refractivity contribution >= 4 is 5.91 Å². The van der Waals surface area contributed by atoms with Crippen molar-refractivity contribution in [3.63, 3.8) is 0 Å². The maximum Gasteiger partial charge on any atom is 0.217 e. The third kappa shape index (κ3) is 3.32. The van der Waals surface area contributed by atoms with Gasteiger partial charge in [0.25, 0.3) is 0 Å². The molecule has 0 fully saturated rings. The Hall–Kier alpha value is -1.82. The van der Waals surface area contributed by atoms with Gasteiger partial charge in [-0.05, 0) is 43.9 Å². The Kier molecular flexibility index (Phi) is 3.90. The number of nitrogens with zero attached hydrogens (tertiary/aromatic N) is 1. The zero-order valence-corrected chi connectivity index (χ0v) is 10.6. The Bertz CT molecular complexity index is 470. The molecule has 0 saturated carbocycles. The fraction of sp³-hybridized carbons (Fsp3) is 0.429. The summed E-state index contributed by atoms with van der Waals surface area (Å²) in [7, 11) is 0. The Balaban J connectivity index is 2.95. The van der Waals surface area contributed by atoms with Crippen LogP contribution in [0.25, 0.3) is 0 Å². The van der Waals surface area contributed by atoms with E-state index in [0.29, 0.717) is 12.8 Å². The number of primary amides is 1. The largest absolute Gasteiger partial charge is 0.370 e. The first kappa shape index (κ1) is 13.2. The molecule has 0 radical (unpaired) electrons. The van der Waals surface area contributed by atoms with E-state index in [-0.39, 0.29) is 5.91 Å². The predicted molar refractivity (Wildman–Crippen MR) is 67.3 cm³/mol. The number of nitrogens with two attached hydrogens (primary N) is 1. The summed E-state index contributed by atoms with van der Waals surface area (Å²) < 4.78 is 0. The van der Waals surface area contributed by atoms with Gasteiger partial charge in [-0.25, -0.2) is 0 Å². The van der Waals surface area contributed by atoms with Crippen LogP contribution in [-0.4, -0.2) is 5.91 Å². The molecule has 1 rings (SSSR count). The highest BCUT2D eigenvalue weighted by molar-refractivity contribution is 5.74. The summed E-state index contributed by atoms with van der Waals surface area (Å²) in [6.45, 7) is 5.78. The maximum absolute atomic E-state index is 10.7. The lowest BCUT2D eigenvalue weighted by Gasteiger charge is -2.17. The van der Waals surface area contributed by atoms with E-state index in [0.717, 1.165) is 16.7 Å². The van der Waals surface area contributed by atoms with Crippen molar-refractivity contribution in [1.82, 2.24) is 0 Å². The SMILES string of the molecule is Cc1cc(C(C)(C)C#N)ccc1CCC(N)=O. The third-order valence-corrected chi connectivity index (χ3v) is 2.98. The van der Waals surface area contributed by atoms with Crippen LogP contribution in [0, 0.1) is 18.3 Å². The first-order valence-electron chi connectivity index (χ1n) is 5.66. The van der Waals surface area contributed by atoms with Gasteiger partial charge in [0.2, 0.25) is 5.91 Å². The molecule has 0 aliphatic rings. The molecule has 1 aromatic carbocycles. The van der Waals surface area contributed by atoms with Gasteiger partial charge in [-0.15, -0.1) is 0 Å². The molecule has 2 N–H and O–H groups in total. The Morgan fingerprint density at radius 1 is 1.47 bits per heavy atom. The summed E-state index contributed by atoms with van der Waals surface area (Å²) in [5, 5.41) is 9.07. The fourth-order valence-corrected chi connectivity index (χ4v) is 1.69. The molecule has 3 heteroatoms. The van der Waals surface area contributed by atoms with Gasteiger partial charge in [-0.1, -0.05) is 18.2 Å². The summed E-state index contributed by atoms with van der Waals surface area (Å²) in [5.74, 6) is -0.286. The van der Waals surface area contributed by atoms with Crippen molar-refractivity contribution in [2.45, 2.75) is 39.0 Å². The highest BCUT2D eigenvalue weighted by atomic mass is 16.1. The van der Waals surface area contributed by atoms with Crippen molar-refractivity contribution in [3.8, 4) is 6.07 Å². The van der Waals surface area contributed by atoms with Crippen molar-refractivity contribution in [3.05, 3.63) is 34.9 Å². The fourth-order valence-electron chi connectivity index (χ4n) is 1.69. The second-order valence-electron chi connectivity index (χ2n) is 4.84. The number of carbonyl (C=O) groups excluding carboxylic acids is 1. The highest BCUT2D eigenvalue weighted by Crippen LogP contribution is 2.24. The van der Waals surface area contributed by atoms with Crippen molar-refractivity contribution < 1.29 is 4.79 Å². The van der Waals surface area contributed by atoms with Gasteiger partial charge in [-0.3, -0.25) is 4.79 Å². The van der Waals surface area contributed by atoms with Crippen molar-refractivity contribution in [2.24, 2.45) is 5.73 Å². The Morgan fingerprint density at radius 2 is 2.12 bits per heavy atom. The molecule has 0 aromatic heterocycles.